The second kappa shape index (κ2) is 6.10. The number of hydrogen-bond donors (Lipinski definition) is 1. The van der Waals surface area contributed by atoms with Gasteiger partial charge in [-0.25, -0.2) is 4.98 Å². The molecule has 1 aromatic heterocycles. The number of thiazole rings is 1. The quantitative estimate of drug-likeness (QED) is 0.696. The molecule has 3 nitrogen and oxygen atoms in total. The minimum atomic E-state index is -0.835. The van der Waals surface area contributed by atoms with Crippen molar-refractivity contribution in [1.82, 2.24) is 4.98 Å². The molecular formula is C17H15NO2S2. The van der Waals surface area contributed by atoms with E-state index >= 15 is 0 Å². The summed E-state index contributed by atoms with van der Waals surface area (Å²) in [6, 6.07) is 13.7. The molecule has 0 spiro atoms. The number of benzene rings is 2. The van der Waals surface area contributed by atoms with Crippen LogP contribution in [0.3, 0.4) is 0 Å². The first-order valence-corrected chi connectivity index (χ1v) is 8.57. The monoisotopic (exact) mass is 329 g/mol. The van der Waals surface area contributed by atoms with Gasteiger partial charge < -0.3 is 5.11 Å². The van der Waals surface area contributed by atoms with Crippen molar-refractivity contribution in [3.05, 3.63) is 59.2 Å². The van der Waals surface area contributed by atoms with Gasteiger partial charge in [0.05, 0.1) is 10.2 Å². The third kappa shape index (κ3) is 2.87. The number of carbonyl (C=O) groups is 1. The Bertz CT molecular complexity index is 809. The molecule has 0 aliphatic heterocycles. The summed E-state index contributed by atoms with van der Waals surface area (Å²) in [4.78, 5) is 16.3. The van der Waals surface area contributed by atoms with E-state index in [2.05, 4.69) is 4.98 Å². The van der Waals surface area contributed by atoms with Crippen LogP contribution < -0.4 is 0 Å². The molecule has 0 saturated heterocycles. The number of rotatable bonds is 4. The minimum absolute atomic E-state index is 0.638. The number of carboxylic acid groups (broad SMARTS) is 1. The number of carboxylic acids is 1. The fraction of sp³-hybridized carbons (Fsp3) is 0.176. The van der Waals surface area contributed by atoms with Gasteiger partial charge in [-0.05, 0) is 42.7 Å². The van der Waals surface area contributed by atoms with Crippen molar-refractivity contribution in [2.24, 2.45) is 0 Å². The lowest BCUT2D eigenvalue weighted by Crippen LogP contribution is -2.10. The molecule has 1 atom stereocenters. The Morgan fingerprint density at radius 2 is 1.95 bits per heavy atom. The smallest absolute Gasteiger partial charge is 0.321 e. The molecule has 0 amide bonds. The van der Waals surface area contributed by atoms with E-state index in [1.54, 1.807) is 0 Å². The Hall–Kier alpha value is -1.85. The van der Waals surface area contributed by atoms with Gasteiger partial charge >= 0.3 is 5.97 Å². The van der Waals surface area contributed by atoms with Crippen LogP contribution in [0.25, 0.3) is 10.2 Å². The molecule has 112 valence electrons. The lowest BCUT2D eigenvalue weighted by molar-refractivity contribution is -0.136. The van der Waals surface area contributed by atoms with E-state index in [0.29, 0.717) is 0 Å². The van der Waals surface area contributed by atoms with Gasteiger partial charge in [0.15, 0.2) is 4.34 Å². The predicted octanol–water partition coefficient (Wildman–Crippen LogP) is 4.83. The molecule has 3 aromatic rings. The molecule has 0 bridgehead atoms. The summed E-state index contributed by atoms with van der Waals surface area (Å²) < 4.78 is 1.87. The SMILES string of the molecule is Cc1cccc(C(Sc2nc3ccccc3s2)C(=O)O)c1C. The highest BCUT2D eigenvalue weighted by atomic mass is 32.2. The lowest BCUT2D eigenvalue weighted by Gasteiger charge is -2.15. The molecule has 0 radical (unpaired) electrons. The fourth-order valence-electron chi connectivity index (χ4n) is 2.31. The van der Waals surface area contributed by atoms with Crippen LogP contribution in [0.4, 0.5) is 0 Å². The Morgan fingerprint density at radius 3 is 2.68 bits per heavy atom. The Labute approximate surface area is 137 Å². The van der Waals surface area contributed by atoms with Gasteiger partial charge in [0, 0.05) is 0 Å². The van der Waals surface area contributed by atoms with Crippen LogP contribution in [0.2, 0.25) is 0 Å². The Balaban J connectivity index is 1.98. The van der Waals surface area contributed by atoms with Crippen molar-refractivity contribution in [1.29, 1.82) is 0 Å². The average Bonchev–Trinajstić information content (AvgIpc) is 2.90. The van der Waals surface area contributed by atoms with E-state index in [1.165, 1.54) is 23.1 Å². The molecule has 1 heterocycles. The molecular weight excluding hydrogens is 314 g/mol. The summed E-state index contributed by atoms with van der Waals surface area (Å²) in [5.41, 5.74) is 3.90. The number of aromatic nitrogens is 1. The lowest BCUT2D eigenvalue weighted by atomic mass is 10.0. The van der Waals surface area contributed by atoms with Gasteiger partial charge in [-0.3, -0.25) is 4.79 Å². The third-order valence-electron chi connectivity index (χ3n) is 3.65. The maximum atomic E-state index is 11.7. The normalized spacial score (nSPS) is 12.5. The minimum Gasteiger partial charge on any atom is -0.480 e. The first-order chi connectivity index (χ1) is 10.6. The van der Waals surface area contributed by atoms with Gasteiger partial charge in [-0.1, -0.05) is 42.1 Å². The van der Waals surface area contributed by atoms with E-state index < -0.39 is 11.2 Å². The van der Waals surface area contributed by atoms with Crippen LogP contribution in [-0.4, -0.2) is 16.1 Å². The highest BCUT2D eigenvalue weighted by Gasteiger charge is 2.25. The van der Waals surface area contributed by atoms with Crippen LogP contribution in [0, 0.1) is 13.8 Å². The summed E-state index contributed by atoms with van der Waals surface area (Å²) in [5, 5.41) is 9.00. The highest BCUT2D eigenvalue weighted by Crippen LogP contribution is 2.40. The van der Waals surface area contributed by atoms with Crippen molar-refractivity contribution in [2.75, 3.05) is 0 Å². The van der Waals surface area contributed by atoms with Gasteiger partial charge in [-0.2, -0.15) is 0 Å². The van der Waals surface area contributed by atoms with E-state index in [1.807, 2.05) is 56.3 Å². The fourth-order valence-corrected chi connectivity index (χ4v) is 4.59. The van der Waals surface area contributed by atoms with E-state index in [4.69, 9.17) is 0 Å². The van der Waals surface area contributed by atoms with Crippen molar-refractivity contribution in [3.8, 4) is 0 Å². The summed E-state index contributed by atoms with van der Waals surface area (Å²) >= 11 is 2.84. The van der Waals surface area contributed by atoms with Crippen molar-refractivity contribution >= 4 is 39.3 Å². The molecule has 0 fully saturated rings. The van der Waals surface area contributed by atoms with Crippen molar-refractivity contribution < 1.29 is 9.90 Å². The molecule has 1 unspecified atom stereocenters. The van der Waals surface area contributed by atoms with Crippen LogP contribution in [0.15, 0.2) is 46.8 Å². The Kier molecular flexibility index (Phi) is 4.18. The maximum Gasteiger partial charge on any atom is 0.321 e. The molecule has 2 aromatic carbocycles. The number of fused-ring (bicyclic) bond motifs is 1. The number of aliphatic carboxylic acids is 1. The third-order valence-corrected chi connectivity index (χ3v) is 6.00. The molecule has 3 rings (SSSR count). The summed E-state index contributed by atoms with van der Waals surface area (Å²) in [6.45, 7) is 3.97. The van der Waals surface area contributed by atoms with Crippen LogP contribution in [0.5, 0.6) is 0 Å². The van der Waals surface area contributed by atoms with E-state index in [-0.39, 0.29) is 0 Å². The summed E-state index contributed by atoms with van der Waals surface area (Å²) in [5.74, 6) is -0.835. The van der Waals surface area contributed by atoms with E-state index in [9.17, 15) is 9.90 Å². The number of aryl methyl sites for hydroxylation is 1. The molecule has 5 heteroatoms. The van der Waals surface area contributed by atoms with Crippen molar-refractivity contribution in [2.45, 2.75) is 23.4 Å². The second-order valence-electron chi connectivity index (χ2n) is 5.07. The maximum absolute atomic E-state index is 11.7. The zero-order chi connectivity index (χ0) is 15.7. The Morgan fingerprint density at radius 1 is 1.18 bits per heavy atom. The zero-order valence-corrected chi connectivity index (χ0v) is 13.9. The van der Waals surface area contributed by atoms with Crippen LogP contribution in [-0.2, 0) is 4.79 Å². The zero-order valence-electron chi connectivity index (χ0n) is 12.2. The van der Waals surface area contributed by atoms with Crippen molar-refractivity contribution in [3.63, 3.8) is 0 Å². The predicted molar refractivity (Wildman–Crippen MR) is 91.8 cm³/mol. The number of nitrogens with zero attached hydrogens (tertiary/aromatic N) is 1. The average molecular weight is 329 g/mol. The topological polar surface area (TPSA) is 50.2 Å². The summed E-state index contributed by atoms with van der Waals surface area (Å²) in [6.07, 6.45) is 0. The van der Waals surface area contributed by atoms with Gasteiger partial charge in [0.1, 0.15) is 5.25 Å². The van der Waals surface area contributed by atoms with Gasteiger partial charge in [0.25, 0.3) is 0 Å². The number of hydrogen-bond acceptors (Lipinski definition) is 4. The van der Waals surface area contributed by atoms with Gasteiger partial charge in [0.2, 0.25) is 0 Å². The van der Waals surface area contributed by atoms with Gasteiger partial charge in [-0.15, -0.1) is 11.3 Å². The molecule has 22 heavy (non-hydrogen) atoms. The first kappa shape index (κ1) is 15.1. The number of thioether (sulfide) groups is 1. The first-order valence-electron chi connectivity index (χ1n) is 6.87. The highest BCUT2D eigenvalue weighted by molar-refractivity contribution is 8.02. The number of para-hydroxylation sites is 1. The summed E-state index contributed by atoms with van der Waals surface area (Å²) in [7, 11) is 0. The standard InChI is InChI=1S/C17H15NO2S2/c1-10-6-5-7-12(11(10)2)15(16(19)20)22-17-18-13-8-3-4-9-14(13)21-17/h3-9,15H,1-2H3,(H,19,20). The van der Waals surface area contributed by atoms with Crippen LogP contribution >= 0.6 is 23.1 Å². The second-order valence-corrected chi connectivity index (χ2v) is 7.46. The largest absolute Gasteiger partial charge is 0.480 e. The molecule has 0 aliphatic rings. The van der Waals surface area contributed by atoms with E-state index in [0.717, 1.165) is 31.2 Å². The molecule has 1 N–H and O–H groups in total. The van der Waals surface area contributed by atoms with Crippen LogP contribution in [0.1, 0.15) is 21.9 Å². The molecule has 0 aliphatic carbocycles. The molecule has 0 saturated carbocycles.